The molecule has 5 nitrogen and oxygen atoms in total. The van der Waals surface area contributed by atoms with Gasteiger partial charge in [-0.25, -0.2) is 9.18 Å². The molecule has 1 saturated heterocycles. The number of likely N-dealkylation sites (tertiary alicyclic amines) is 1. The van der Waals surface area contributed by atoms with E-state index in [9.17, 15) is 9.18 Å². The zero-order valence-electron chi connectivity index (χ0n) is 13.4. The third kappa shape index (κ3) is 4.26. The Morgan fingerprint density at radius 2 is 2.00 bits per heavy atom. The summed E-state index contributed by atoms with van der Waals surface area (Å²) in [6, 6.07) is 4.90. The number of amides is 1. The first kappa shape index (κ1) is 16.4. The van der Waals surface area contributed by atoms with Crippen molar-refractivity contribution in [1.29, 1.82) is 0 Å². The summed E-state index contributed by atoms with van der Waals surface area (Å²) in [5.41, 5.74) is 5.98. The second kappa shape index (κ2) is 6.42. The number of benzene rings is 1. The van der Waals surface area contributed by atoms with Gasteiger partial charge in [-0.05, 0) is 45.7 Å². The lowest BCUT2D eigenvalue weighted by Gasteiger charge is -2.34. The van der Waals surface area contributed by atoms with Gasteiger partial charge in [0.25, 0.3) is 0 Å². The second-order valence-electron chi connectivity index (χ2n) is 6.59. The zero-order valence-corrected chi connectivity index (χ0v) is 13.4. The molecule has 1 heterocycles. The SMILES string of the molecule is CC(C)(C)OC(=O)N1CCC(Nc2cccc(F)c2N)CC1. The number of nitrogens with two attached hydrogens (primary N) is 1. The third-order valence-corrected chi connectivity index (χ3v) is 3.56. The summed E-state index contributed by atoms with van der Waals surface area (Å²) in [6.07, 6.45) is 1.26. The molecule has 0 radical (unpaired) electrons. The summed E-state index contributed by atoms with van der Waals surface area (Å²) >= 11 is 0. The Bertz CT molecular complexity index is 535. The highest BCUT2D eigenvalue weighted by molar-refractivity contribution is 5.69. The first-order valence-corrected chi connectivity index (χ1v) is 7.55. The lowest BCUT2D eigenvalue weighted by molar-refractivity contribution is 0.0210. The summed E-state index contributed by atoms with van der Waals surface area (Å²) in [6.45, 7) is 6.79. The fraction of sp³-hybridized carbons (Fsp3) is 0.562. The lowest BCUT2D eigenvalue weighted by atomic mass is 10.0. The number of para-hydroxylation sites is 1. The molecule has 1 aromatic carbocycles. The van der Waals surface area contributed by atoms with Gasteiger partial charge in [0.1, 0.15) is 11.4 Å². The fourth-order valence-electron chi connectivity index (χ4n) is 2.42. The van der Waals surface area contributed by atoms with Gasteiger partial charge in [0, 0.05) is 19.1 Å². The molecule has 2 rings (SSSR count). The molecule has 22 heavy (non-hydrogen) atoms. The highest BCUT2D eigenvalue weighted by Crippen LogP contribution is 2.24. The molecule has 1 aliphatic heterocycles. The maximum atomic E-state index is 13.4. The number of hydrogen-bond acceptors (Lipinski definition) is 4. The third-order valence-electron chi connectivity index (χ3n) is 3.56. The topological polar surface area (TPSA) is 67.6 Å². The molecule has 1 aromatic rings. The van der Waals surface area contributed by atoms with E-state index < -0.39 is 11.4 Å². The average molecular weight is 309 g/mol. The van der Waals surface area contributed by atoms with Crippen molar-refractivity contribution in [2.24, 2.45) is 0 Å². The smallest absolute Gasteiger partial charge is 0.410 e. The minimum absolute atomic E-state index is 0.136. The van der Waals surface area contributed by atoms with Crippen molar-refractivity contribution in [1.82, 2.24) is 4.90 Å². The Hall–Kier alpha value is -1.98. The van der Waals surface area contributed by atoms with Crippen LogP contribution in [0.15, 0.2) is 18.2 Å². The Morgan fingerprint density at radius 3 is 2.59 bits per heavy atom. The van der Waals surface area contributed by atoms with Crippen LogP contribution in [0.25, 0.3) is 0 Å². The van der Waals surface area contributed by atoms with Gasteiger partial charge in [-0.2, -0.15) is 0 Å². The monoisotopic (exact) mass is 309 g/mol. The number of nitrogen functional groups attached to an aromatic ring is 1. The molecule has 1 aliphatic rings. The van der Waals surface area contributed by atoms with Crippen LogP contribution in [0.5, 0.6) is 0 Å². The predicted molar refractivity (Wildman–Crippen MR) is 85.3 cm³/mol. The molecule has 0 aliphatic carbocycles. The van der Waals surface area contributed by atoms with Crippen molar-refractivity contribution in [3.63, 3.8) is 0 Å². The van der Waals surface area contributed by atoms with Crippen LogP contribution in [0.3, 0.4) is 0 Å². The number of halogens is 1. The van der Waals surface area contributed by atoms with Gasteiger partial charge in [-0.3, -0.25) is 0 Å². The molecule has 0 aromatic heterocycles. The van der Waals surface area contributed by atoms with Gasteiger partial charge in [-0.1, -0.05) is 6.07 Å². The molecule has 6 heteroatoms. The van der Waals surface area contributed by atoms with E-state index in [1.807, 2.05) is 20.8 Å². The predicted octanol–water partition coefficient (Wildman–Crippen LogP) is 3.22. The van der Waals surface area contributed by atoms with Crippen molar-refractivity contribution in [2.75, 3.05) is 24.1 Å². The van der Waals surface area contributed by atoms with Crippen molar-refractivity contribution < 1.29 is 13.9 Å². The van der Waals surface area contributed by atoms with Gasteiger partial charge < -0.3 is 20.7 Å². The van der Waals surface area contributed by atoms with Crippen LogP contribution in [0.4, 0.5) is 20.6 Å². The van der Waals surface area contributed by atoms with Crippen LogP contribution in [0.2, 0.25) is 0 Å². The number of carbonyl (C=O) groups excluding carboxylic acids is 1. The summed E-state index contributed by atoms with van der Waals surface area (Å²) in [4.78, 5) is 13.7. The van der Waals surface area contributed by atoms with Crippen molar-refractivity contribution in [3.05, 3.63) is 24.0 Å². The maximum absolute atomic E-state index is 13.4. The molecule has 0 unspecified atom stereocenters. The van der Waals surface area contributed by atoms with Crippen LogP contribution in [-0.2, 0) is 4.74 Å². The molecular formula is C16H24FN3O2. The Labute approximate surface area is 130 Å². The largest absolute Gasteiger partial charge is 0.444 e. The van der Waals surface area contributed by atoms with Crippen LogP contribution in [-0.4, -0.2) is 35.7 Å². The highest BCUT2D eigenvalue weighted by Gasteiger charge is 2.27. The van der Waals surface area contributed by atoms with Gasteiger partial charge >= 0.3 is 6.09 Å². The highest BCUT2D eigenvalue weighted by atomic mass is 19.1. The lowest BCUT2D eigenvalue weighted by Crippen LogP contribution is -2.44. The first-order valence-electron chi connectivity index (χ1n) is 7.55. The molecular weight excluding hydrogens is 285 g/mol. The standard InChI is InChI=1S/C16H24FN3O2/c1-16(2,3)22-15(21)20-9-7-11(8-10-20)19-13-6-4-5-12(17)14(13)18/h4-6,11,19H,7-10,18H2,1-3H3. The van der Waals surface area contributed by atoms with Crippen molar-refractivity contribution in [3.8, 4) is 0 Å². The Balaban J connectivity index is 1.87. The molecule has 1 amide bonds. The molecule has 1 fully saturated rings. The first-order chi connectivity index (χ1) is 10.3. The summed E-state index contributed by atoms with van der Waals surface area (Å²) in [5.74, 6) is -0.420. The van der Waals surface area contributed by atoms with E-state index in [-0.39, 0.29) is 17.8 Å². The minimum atomic E-state index is -0.484. The van der Waals surface area contributed by atoms with Crippen molar-refractivity contribution in [2.45, 2.75) is 45.3 Å². The number of ether oxygens (including phenoxy) is 1. The summed E-state index contributed by atoms with van der Waals surface area (Å²) in [7, 11) is 0. The van der Waals surface area contributed by atoms with Crippen LogP contribution in [0.1, 0.15) is 33.6 Å². The van der Waals surface area contributed by atoms with Crippen LogP contribution >= 0.6 is 0 Å². The minimum Gasteiger partial charge on any atom is -0.444 e. The molecule has 0 spiro atoms. The molecule has 0 saturated carbocycles. The van der Waals surface area contributed by atoms with Gasteiger partial charge in [0.05, 0.1) is 11.4 Å². The van der Waals surface area contributed by atoms with E-state index in [1.54, 1.807) is 17.0 Å². The van der Waals surface area contributed by atoms with Crippen LogP contribution < -0.4 is 11.1 Å². The van der Waals surface area contributed by atoms with E-state index in [1.165, 1.54) is 6.07 Å². The Kier molecular flexibility index (Phi) is 4.78. The van der Waals surface area contributed by atoms with Gasteiger partial charge in [0.2, 0.25) is 0 Å². The number of carbonyl (C=O) groups is 1. The maximum Gasteiger partial charge on any atom is 0.410 e. The fourth-order valence-corrected chi connectivity index (χ4v) is 2.42. The molecule has 3 N–H and O–H groups in total. The van der Waals surface area contributed by atoms with E-state index in [0.717, 1.165) is 12.8 Å². The molecule has 0 bridgehead atoms. The molecule has 0 atom stereocenters. The van der Waals surface area contributed by atoms with E-state index >= 15 is 0 Å². The quantitative estimate of drug-likeness (QED) is 0.823. The number of rotatable bonds is 2. The normalized spacial score (nSPS) is 16.5. The average Bonchev–Trinajstić information content (AvgIpc) is 2.43. The van der Waals surface area contributed by atoms with Crippen LogP contribution in [0, 0.1) is 5.82 Å². The molecule has 122 valence electrons. The van der Waals surface area contributed by atoms with Gasteiger partial charge in [0.15, 0.2) is 0 Å². The zero-order chi connectivity index (χ0) is 16.3. The number of hydrogen-bond donors (Lipinski definition) is 2. The van der Waals surface area contributed by atoms with Gasteiger partial charge in [-0.15, -0.1) is 0 Å². The summed E-state index contributed by atoms with van der Waals surface area (Å²) in [5, 5.41) is 3.25. The Morgan fingerprint density at radius 1 is 1.36 bits per heavy atom. The van der Waals surface area contributed by atoms with E-state index in [0.29, 0.717) is 18.8 Å². The number of nitrogens with zero attached hydrogens (tertiary/aromatic N) is 1. The number of anilines is 2. The van der Waals surface area contributed by atoms with Crippen molar-refractivity contribution >= 4 is 17.5 Å². The van der Waals surface area contributed by atoms with E-state index in [2.05, 4.69) is 5.32 Å². The number of piperidine rings is 1. The summed E-state index contributed by atoms with van der Waals surface area (Å²) < 4.78 is 18.8. The number of nitrogens with one attached hydrogen (secondary N) is 1. The second-order valence-corrected chi connectivity index (χ2v) is 6.59. The van der Waals surface area contributed by atoms with E-state index in [4.69, 9.17) is 10.5 Å².